The van der Waals surface area contributed by atoms with Crippen molar-refractivity contribution in [2.45, 2.75) is 30.8 Å². The maximum Gasteiger partial charge on any atom is 0.277 e. The summed E-state index contributed by atoms with van der Waals surface area (Å²) in [6, 6.07) is 9.75. The number of alkyl halides is 2. The lowest BCUT2D eigenvalue weighted by Crippen LogP contribution is -2.45. The number of carbonyl (C=O) groups excluding carboxylic acids is 1. The highest BCUT2D eigenvalue weighted by Gasteiger charge is 2.30. The molecule has 0 aromatic heterocycles. The number of nitrogens with two attached hydrogens (primary N) is 1. The van der Waals surface area contributed by atoms with Gasteiger partial charge in [0.25, 0.3) is 5.92 Å². The molecule has 1 amide bonds. The third-order valence-corrected chi connectivity index (χ3v) is 4.57. The van der Waals surface area contributed by atoms with E-state index in [9.17, 15) is 13.6 Å². The van der Waals surface area contributed by atoms with Crippen molar-refractivity contribution in [2.24, 2.45) is 11.7 Å². The second kappa shape index (κ2) is 8.34. The van der Waals surface area contributed by atoms with Crippen molar-refractivity contribution in [1.82, 2.24) is 5.32 Å². The molecule has 0 bridgehead atoms. The number of carbonyl (C=O) groups is 1. The fourth-order valence-corrected chi connectivity index (χ4v) is 2.90. The Hall–Kier alpha value is -1.14. The van der Waals surface area contributed by atoms with E-state index in [1.165, 1.54) is 11.8 Å². The molecule has 3 N–H and O–H groups in total. The lowest BCUT2D eigenvalue weighted by molar-refractivity contribution is -0.123. The van der Waals surface area contributed by atoms with Gasteiger partial charge in [0.05, 0.1) is 18.3 Å². The van der Waals surface area contributed by atoms with E-state index in [1.54, 1.807) is 0 Å². The first-order chi connectivity index (χ1) is 9.85. The van der Waals surface area contributed by atoms with Crippen LogP contribution in [0.2, 0.25) is 0 Å². The van der Waals surface area contributed by atoms with Crippen LogP contribution in [0.4, 0.5) is 8.78 Å². The summed E-state index contributed by atoms with van der Waals surface area (Å²) in [4.78, 5) is 12.1. The predicted octanol–water partition coefficient (Wildman–Crippen LogP) is 2.65. The number of halogens is 2. The average Bonchev–Trinajstić information content (AvgIpc) is 2.46. The SMILES string of the molecule is CC(C)C(SCc1ccccc1)C(=O)NCC(F)(F)CN. The van der Waals surface area contributed by atoms with E-state index in [2.05, 4.69) is 5.32 Å². The van der Waals surface area contributed by atoms with Gasteiger partial charge in [-0.2, -0.15) is 0 Å². The number of thioether (sulfide) groups is 1. The molecule has 1 unspecified atom stereocenters. The topological polar surface area (TPSA) is 55.1 Å². The van der Waals surface area contributed by atoms with Crippen LogP contribution < -0.4 is 11.1 Å². The summed E-state index contributed by atoms with van der Waals surface area (Å²) >= 11 is 1.46. The maximum atomic E-state index is 13.1. The molecule has 3 nitrogen and oxygen atoms in total. The molecule has 1 aromatic carbocycles. The molecule has 0 saturated heterocycles. The van der Waals surface area contributed by atoms with Crippen molar-refractivity contribution in [3.05, 3.63) is 35.9 Å². The van der Waals surface area contributed by atoms with Crippen LogP contribution in [0.15, 0.2) is 30.3 Å². The molecule has 0 spiro atoms. The Balaban J connectivity index is 2.54. The number of nitrogens with one attached hydrogen (secondary N) is 1. The summed E-state index contributed by atoms with van der Waals surface area (Å²) in [6.07, 6.45) is 0. The molecule has 21 heavy (non-hydrogen) atoms. The van der Waals surface area contributed by atoms with Crippen molar-refractivity contribution >= 4 is 17.7 Å². The molecular formula is C15H22F2N2OS. The predicted molar refractivity (Wildman–Crippen MR) is 83.4 cm³/mol. The zero-order chi connectivity index (χ0) is 15.9. The second-order valence-corrected chi connectivity index (χ2v) is 6.37. The van der Waals surface area contributed by atoms with Crippen LogP contribution >= 0.6 is 11.8 Å². The maximum absolute atomic E-state index is 13.1. The fraction of sp³-hybridized carbons (Fsp3) is 0.533. The van der Waals surface area contributed by atoms with E-state index >= 15 is 0 Å². The molecule has 0 radical (unpaired) electrons. The third-order valence-electron chi connectivity index (χ3n) is 2.96. The molecule has 0 saturated carbocycles. The zero-order valence-corrected chi connectivity index (χ0v) is 13.1. The van der Waals surface area contributed by atoms with Gasteiger partial charge in [-0.25, -0.2) is 8.78 Å². The first-order valence-corrected chi connectivity index (χ1v) is 7.92. The zero-order valence-electron chi connectivity index (χ0n) is 12.3. The van der Waals surface area contributed by atoms with Gasteiger partial charge in [-0.3, -0.25) is 4.79 Å². The van der Waals surface area contributed by atoms with Gasteiger partial charge in [-0.15, -0.1) is 11.8 Å². The van der Waals surface area contributed by atoms with Crippen molar-refractivity contribution in [2.75, 3.05) is 13.1 Å². The van der Waals surface area contributed by atoms with Crippen LogP contribution in [-0.4, -0.2) is 30.2 Å². The summed E-state index contributed by atoms with van der Waals surface area (Å²) in [7, 11) is 0. The van der Waals surface area contributed by atoms with E-state index in [0.717, 1.165) is 5.56 Å². The molecule has 0 fully saturated rings. The highest BCUT2D eigenvalue weighted by molar-refractivity contribution is 7.99. The highest BCUT2D eigenvalue weighted by atomic mass is 32.2. The lowest BCUT2D eigenvalue weighted by Gasteiger charge is -2.22. The molecule has 118 valence electrons. The molecule has 0 aliphatic carbocycles. The summed E-state index contributed by atoms with van der Waals surface area (Å²) in [5.74, 6) is -2.68. The van der Waals surface area contributed by atoms with Crippen LogP contribution in [-0.2, 0) is 10.5 Å². The van der Waals surface area contributed by atoms with Gasteiger partial charge >= 0.3 is 0 Å². The smallest absolute Gasteiger partial charge is 0.277 e. The van der Waals surface area contributed by atoms with Gasteiger partial charge in [0, 0.05) is 5.75 Å². The Morgan fingerprint density at radius 1 is 1.33 bits per heavy atom. The standard InChI is InChI=1S/C15H22F2N2OS/c1-11(2)13(14(20)19-10-15(16,17)9-18)21-8-12-6-4-3-5-7-12/h3-7,11,13H,8-10,18H2,1-2H3,(H,19,20). The molecule has 0 aliphatic rings. The highest BCUT2D eigenvalue weighted by Crippen LogP contribution is 2.24. The van der Waals surface area contributed by atoms with Gasteiger partial charge in [-0.1, -0.05) is 44.2 Å². The van der Waals surface area contributed by atoms with Crippen LogP contribution in [0.5, 0.6) is 0 Å². The number of rotatable bonds is 8. The number of benzene rings is 1. The number of hydrogen-bond acceptors (Lipinski definition) is 3. The molecule has 1 rings (SSSR count). The van der Waals surface area contributed by atoms with E-state index in [1.807, 2.05) is 44.2 Å². The normalized spacial score (nSPS) is 13.2. The van der Waals surface area contributed by atoms with Gasteiger partial charge < -0.3 is 11.1 Å². The molecule has 6 heteroatoms. The Kier molecular flexibility index (Phi) is 7.11. The lowest BCUT2D eigenvalue weighted by atomic mass is 10.1. The van der Waals surface area contributed by atoms with Crippen LogP contribution in [0.3, 0.4) is 0 Å². The fourth-order valence-electron chi connectivity index (χ4n) is 1.72. The molecule has 1 atom stereocenters. The molecular weight excluding hydrogens is 294 g/mol. The van der Waals surface area contributed by atoms with Gasteiger partial charge in [0.15, 0.2) is 0 Å². The first-order valence-electron chi connectivity index (χ1n) is 6.87. The minimum Gasteiger partial charge on any atom is -0.349 e. The van der Waals surface area contributed by atoms with E-state index in [4.69, 9.17) is 5.73 Å². The average molecular weight is 316 g/mol. The van der Waals surface area contributed by atoms with Crippen LogP contribution in [0.25, 0.3) is 0 Å². The quantitative estimate of drug-likeness (QED) is 0.775. The van der Waals surface area contributed by atoms with Crippen LogP contribution in [0, 0.1) is 5.92 Å². The Morgan fingerprint density at radius 3 is 2.48 bits per heavy atom. The molecule has 1 aromatic rings. The molecule has 0 heterocycles. The minimum atomic E-state index is -3.05. The third kappa shape index (κ3) is 6.44. The second-order valence-electron chi connectivity index (χ2n) is 5.24. The van der Waals surface area contributed by atoms with E-state index < -0.39 is 19.0 Å². The van der Waals surface area contributed by atoms with Crippen molar-refractivity contribution in [3.8, 4) is 0 Å². The molecule has 0 aliphatic heterocycles. The number of hydrogen-bond donors (Lipinski definition) is 2. The van der Waals surface area contributed by atoms with Crippen molar-refractivity contribution < 1.29 is 13.6 Å². The van der Waals surface area contributed by atoms with E-state index in [-0.39, 0.29) is 17.1 Å². The van der Waals surface area contributed by atoms with Gasteiger partial charge in [0.1, 0.15) is 0 Å². The van der Waals surface area contributed by atoms with Gasteiger partial charge in [0.2, 0.25) is 5.91 Å². The monoisotopic (exact) mass is 316 g/mol. The summed E-state index contributed by atoms with van der Waals surface area (Å²) in [5.41, 5.74) is 6.06. The van der Waals surface area contributed by atoms with E-state index in [0.29, 0.717) is 5.75 Å². The summed E-state index contributed by atoms with van der Waals surface area (Å²) < 4.78 is 26.2. The number of amides is 1. The summed E-state index contributed by atoms with van der Waals surface area (Å²) in [6.45, 7) is 2.33. The Bertz CT molecular complexity index is 441. The largest absolute Gasteiger partial charge is 0.349 e. The van der Waals surface area contributed by atoms with Crippen molar-refractivity contribution in [1.29, 1.82) is 0 Å². The Labute approximate surface area is 128 Å². The first kappa shape index (κ1) is 17.9. The van der Waals surface area contributed by atoms with Crippen molar-refractivity contribution in [3.63, 3.8) is 0 Å². The summed E-state index contributed by atoms with van der Waals surface area (Å²) in [5, 5.41) is 1.94. The Morgan fingerprint density at radius 2 is 1.95 bits per heavy atom. The minimum absolute atomic E-state index is 0.0604. The van der Waals surface area contributed by atoms with Crippen LogP contribution in [0.1, 0.15) is 19.4 Å². The van der Waals surface area contributed by atoms with Gasteiger partial charge in [-0.05, 0) is 11.5 Å².